The molecule has 2 aromatic rings. The number of fused-ring (bicyclic) bond motifs is 5. The van der Waals surface area contributed by atoms with Crippen molar-refractivity contribution in [2.45, 2.75) is 58.3 Å². The number of ether oxygens (including phenoxy) is 1. The Balaban J connectivity index is 1.59. The molecule has 130 valence electrons. The summed E-state index contributed by atoms with van der Waals surface area (Å²) in [6, 6.07) is 15.8. The van der Waals surface area contributed by atoms with E-state index in [0.29, 0.717) is 4.08 Å². The highest BCUT2D eigenvalue weighted by atomic mass is 32.2. The lowest BCUT2D eigenvalue weighted by molar-refractivity contribution is 0.172. The van der Waals surface area contributed by atoms with E-state index in [2.05, 4.69) is 72.9 Å². The normalized spacial score (nSPS) is 29.0. The predicted octanol–water partition coefficient (Wildman–Crippen LogP) is 6.29. The Labute approximate surface area is 158 Å². The summed E-state index contributed by atoms with van der Waals surface area (Å²) in [6.45, 7) is 2.53. The Morgan fingerprint density at radius 2 is 1.80 bits per heavy atom. The third kappa shape index (κ3) is 2.31. The van der Waals surface area contributed by atoms with E-state index in [1.54, 1.807) is 18.2 Å². The molecule has 0 bridgehead atoms. The average Bonchev–Trinajstić information content (AvgIpc) is 2.99. The van der Waals surface area contributed by atoms with Crippen LogP contribution in [0.25, 0.3) is 0 Å². The summed E-state index contributed by atoms with van der Waals surface area (Å²) >= 11 is 4.32. The maximum atomic E-state index is 5.56. The van der Waals surface area contributed by atoms with Crippen LogP contribution in [0.5, 0.6) is 5.75 Å². The van der Waals surface area contributed by atoms with Gasteiger partial charge in [-0.25, -0.2) is 0 Å². The van der Waals surface area contributed by atoms with E-state index >= 15 is 0 Å². The molecule has 0 unspecified atom stereocenters. The molecule has 3 heteroatoms. The highest BCUT2D eigenvalue weighted by Gasteiger charge is 2.57. The molecule has 1 spiro atoms. The van der Waals surface area contributed by atoms with Crippen LogP contribution in [0.15, 0.2) is 52.3 Å². The Kier molecular flexibility index (Phi) is 3.69. The molecule has 1 heterocycles. The minimum atomic E-state index is 0.266. The minimum Gasteiger partial charge on any atom is -0.497 e. The van der Waals surface area contributed by atoms with Crippen molar-refractivity contribution < 1.29 is 4.74 Å². The summed E-state index contributed by atoms with van der Waals surface area (Å²) in [5.41, 5.74) is 3.36. The van der Waals surface area contributed by atoms with Gasteiger partial charge in [-0.05, 0) is 72.4 Å². The van der Waals surface area contributed by atoms with Crippen molar-refractivity contribution in [1.29, 1.82) is 0 Å². The van der Waals surface area contributed by atoms with Gasteiger partial charge in [0.15, 0.2) is 0 Å². The zero-order chi connectivity index (χ0) is 17.1. The first-order chi connectivity index (χ1) is 12.1. The fourth-order valence-corrected chi connectivity index (χ4v) is 9.25. The van der Waals surface area contributed by atoms with Gasteiger partial charge in [0.05, 0.1) is 11.2 Å². The van der Waals surface area contributed by atoms with Gasteiger partial charge < -0.3 is 4.74 Å². The van der Waals surface area contributed by atoms with Crippen LogP contribution in [0, 0.1) is 5.92 Å². The molecule has 1 saturated carbocycles. The van der Waals surface area contributed by atoms with E-state index < -0.39 is 0 Å². The van der Waals surface area contributed by atoms with Crippen molar-refractivity contribution in [3.8, 4) is 5.75 Å². The van der Waals surface area contributed by atoms with E-state index in [0.717, 1.165) is 11.7 Å². The van der Waals surface area contributed by atoms with Crippen LogP contribution in [-0.4, -0.2) is 11.2 Å². The second-order valence-electron chi connectivity index (χ2n) is 7.85. The maximum absolute atomic E-state index is 5.56. The number of hydrogen-bond acceptors (Lipinski definition) is 3. The van der Waals surface area contributed by atoms with Gasteiger partial charge in [-0.3, -0.25) is 0 Å². The van der Waals surface area contributed by atoms with E-state index in [4.69, 9.17) is 4.74 Å². The predicted molar refractivity (Wildman–Crippen MR) is 107 cm³/mol. The third-order valence-electron chi connectivity index (χ3n) is 6.57. The molecule has 3 aliphatic rings. The highest BCUT2D eigenvalue weighted by Crippen LogP contribution is 2.69. The van der Waals surface area contributed by atoms with Crippen LogP contribution in [0.4, 0.5) is 0 Å². The summed E-state index contributed by atoms with van der Waals surface area (Å²) in [4.78, 5) is 2.99. The Hall–Kier alpha value is -1.06. The van der Waals surface area contributed by atoms with Crippen molar-refractivity contribution in [3.05, 3.63) is 53.6 Å². The van der Waals surface area contributed by atoms with E-state index in [1.165, 1.54) is 41.9 Å². The van der Waals surface area contributed by atoms with Crippen molar-refractivity contribution in [3.63, 3.8) is 0 Å². The molecule has 2 aromatic carbocycles. The molecule has 0 radical (unpaired) electrons. The maximum Gasteiger partial charge on any atom is 0.119 e. The van der Waals surface area contributed by atoms with Gasteiger partial charge in [-0.15, -0.1) is 23.5 Å². The van der Waals surface area contributed by atoms with E-state index in [9.17, 15) is 0 Å². The molecule has 0 saturated heterocycles. The fraction of sp³-hybridized carbons (Fsp3) is 0.455. The van der Waals surface area contributed by atoms with Gasteiger partial charge >= 0.3 is 0 Å². The number of benzene rings is 2. The van der Waals surface area contributed by atoms with Crippen molar-refractivity contribution in [2.75, 3.05) is 7.11 Å². The number of thioether (sulfide) groups is 2. The van der Waals surface area contributed by atoms with Gasteiger partial charge in [-0.2, -0.15) is 0 Å². The van der Waals surface area contributed by atoms with Crippen LogP contribution in [0.2, 0.25) is 0 Å². The number of methoxy groups -OCH3 is 1. The van der Waals surface area contributed by atoms with Crippen LogP contribution >= 0.6 is 23.5 Å². The number of aryl methyl sites for hydroxylation is 1. The smallest absolute Gasteiger partial charge is 0.119 e. The molecule has 2 atom stereocenters. The van der Waals surface area contributed by atoms with Crippen LogP contribution in [-0.2, 0) is 11.8 Å². The molecule has 1 fully saturated rings. The molecule has 25 heavy (non-hydrogen) atoms. The summed E-state index contributed by atoms with van der Waals surface area (Å²) in [7, 11) is 1.78. The van der Waals surface area contributed by atoms with E-state index in [1.807, 2.05) is 0 Å². The second-order valence-corrected chi connectivity index (χ2v) is 10.9. The first-order valence-electron chi connectivity index (χ1n) is 9.29. The van der Waals surface area contributed by atoms with Crippen LogP contribution < -0.4 is 4.74 Å². The fourth-order valence-electron chi connectivity index (χ4n) is 5.38. The molecule has 1 nitrogen and oxygen atoms in total. The quantitative estimate of drug-likeness (QED) is 0.585. The molecule has 0 aromatic heterocycles. The molecule has 2 aliphatic carbocycles. The van der Waals surface area contributed by atoms with Crippen molar-refractivity contribution in [1.82, 2.24) is 0 Å². The Morgan fingerprint density at radius 3 is 2.52 bits per heavy atom. The first-order valence-corrected chi connectivity index (χ1v) is 10.9. The zero-order valence-corrected chi connectivity index (χ0v) is 16.5. The van der Waals surface area contributed by atoms with Gasteiger partial charge in [0.2, 0.25) is 0 Å². The number of hydrogen-bond donors (Lipinski definition) is 0. The monoisotopic (exact) mass is 368 g/mol. The molecular formula is C22H24OS2. The SMILES string of the molecule is COc1ccc2c(c1)[C@@]1(C)CCCC3(Sc4ccccc4S3)[C@@H]1CC2. The Bertz CT molecular complexity index is 806. The summed E-state index contributed by atoms with van der Waals surface area (Å²) in [5.74, 6) is 1.73. The standard InChI is InChI=1S/C22H24OS2/c1-21-12-5-13-22(24-18-6-3-4-7-19(18)25-22)20(21)11-9-15-8-10-16(23-2)14-17(15)21/h3-4,6-8,10,14,20H,5,9,11-13H2,1-2H3/t20-,21-/m1/s1. The summed E-state index contributed by atoms with van der Waals surface area (Å²) in [6.07, 6.45) is 6.47. The van der Waals surface area contributed by atoms with Gasteiger partial charge in [0, 0.05) is 9.79 Å². The first kappa shape index (κ1) is 16.1. The number of rotatable bonds is 1. The molecule has 0 amide bonds. The topological polar surface area (TPSA) is 9.23 Å². The van der Waals surface area contributed by atoms with Gasteiger partial charge in [0.25, 0.3) is 0 Å². The molecule has 5 rings (SSSR count). The molecule has 1 aliphatic heterocycles. The lowest BCUT2D eigenvalue weighted by atomic mass is 9.58. The Morgan fingerprint density at radius 1 is 1.04 bits per heavy atom. The summed E-state index contributed by atoms with van der Waals surface area (Å²) < 4.78 is 5.88. The van der Waals surface area contributed by atoms with Crippen LogP contribution in [0.1, 0.15) is 43.7 Å². The minimum absolute atomic E-state index is 0.266. The second kappa shape index (κ2) is 5.72. The molecular weight excluding hydrogens is 344 g/mol. The van der Waals surface area contributed by atoms with Gasteiger partial charge in [-0.1, -0.05) is 31.5 Å². The van der Waals surface area contributed by atoms with Crippen molar-refractivity contribution in [2.24, 2.45) is 5.92 Å². The third-order valence-corrected chi connectivity index (χ3v) is 10.0. The zero-order valence-electron chi connectivity index (χ0n) is 14.9. The van der Waals surface area contributed by atoms with E-state index in [-0.39, 0.29) is 5.41 Å². The van der Waals surface area contributed by atoms with Crippen LogP contribution in [0.3, 0.4) is 0 Å². The molecule has 0 N–H and O–H groups in total. The highest BCUT2D eigenvalue weighted by molar-refractivity contribution is 8.20. The lowest BCUT2D eigenvalue weighted by Gasteiger charge is -2.54. The lowest BCUT2D eigenvalue weighted by Crippen LogP contribution is -2.50. The van der Waals surface area contributed by atoms with Gasteiger partial charge in [0.1, 0.15) is 5.75 Å². The largest absolute Gasteiger partial charge is 0.497 e. The average molecular weight is 369 g/mol. The summed E-state index contributed by atoms with van der Waals surface area (Å²) in [5, 5.41) is 0. The van der Waals surface area contributed by atoms with Crippen molar-refractivity contribution >= 4 is 23.5 Å².